The van der Waals surface area contributed by atoms with Crippen LogP contribution in [0.15, 0.2) is 42.6 Å². The van der Waals surface area contributed by atoms with Crippen molar-refractivity contribution in [1.82, 2.24) is 9.88 Å². The standard InChI is InChI=1S/C18H21N3O3/c1-23-18-16(6-3-7-19-18)17(22)20-15-5-2-4-14(12-15)13-21-8-10-24-11-9-21/h2-7,12H,8-11,13H2,1H3,(H,20,22). The molecule has 126 valence electrons. The van der Waals surface area contributed by atoms with Crippen LogP contribution in [0, 0.1) is 0 Å². The highest BCUT2D eigenvalue weighted by molar-refractivity contribution is 6.05. The summed E-state index contributed by atoms with van der Waals surface area (Å²) in [5.74, 6) is 0.0861. The summed E-state index contributed by atoms with van der Waals surface area (Å²) in [6.45, 7) is 4.27. The molecule has 1 saturated heterocycles. The quantitative estimate of drug-likeness (QED) is 0.912. The van der Waals surface area contributed by atoms with Crippen LogP contribution in [0.2, 0.25) is 0 Å². The number of amides is 1. The third-order valence-corrected chi connectivity index (χ3v) is 3.90. The summed E-state index contributed by atoms with van der Waals surface area (Å²) in [7, 11) is 1.50. The van der Waals surface area contributed by atoms with Gasteiger partial charge in [0.1, 0.15) is 5.56 Å². The molecule has 0 spiro atoms. The highest BCUT2D eigenvalue weighted by Crippen LogP contribution is 2.18. The van der Waals surface area contributed by atoms with E-state index < -0.39 is 0 Å². The highest BCUT2D eigenvalue weighted by atomic mass is 16.5. The van der Waals surface area contributed by atoms with Crippen molar-refractivity contribution in [3.05, 3.63) is 53.7 Å². The number of benzene rings is 1. The fourth-order valence-electron chi connectivity index (χ4n) is 2.69. The van der Waals surface area contributed by atoms with Crippen LogP contribution < -0.4 is 10.1 Å². The van der Waals surface area contributed by atoms with Gasteiger partial charge in [0.15, 0.2) is 0 Å². The van der Waals surface area contributed by atoms with Gasteiger partial charge in [-0.1, -0.05) is 12.1 Å². The maximum atomic E-state index is 12.4. The summed E-state index contributed by atoms with van der Waals surface area (Å²) < 4.78 is 10.5. The second-order valence-corrected chi connectivity index (χ2v) is 5.60. The van der Waals surface area contributed by atoms with E-state index >= 15 is 0 Å². The number of rotatable bonds is 5. The Balaban J connectivity index is 1.68. The molecular weight excluding hydrogens is 306 g/mol. The number of carbonyl (C=O) groups excluding carboxylic acids is 1. The first-order chi connectivity index (χ1) is 11.8. The lowest BCUT2D eigenvalue weighted by atomic mass is 10.1. The van der Waals surface area contributed by atoms with E-state index in [1.54, 1.807) is 18.3 Å². The molecule has 6 heteroatoms. The van der Waals surface area contributed by atoms with Crippen LogP contribution in [0.3, 0.4) is 0 Å². The molecular formula is C18H21N3O3. The zero-order valence-corrected chi connectivity index (χ0v) is 13.7. The summed E-state index contributed by atoms with van der Waals surface area (Å²) in [4.78, 5) is 18.8. The van der Waals surface area contributed by atoms with Crippen LogP contribution in [-0.2, 0) is 11.3 Å². The fourth-order valence-corrected chi connectivity index (χ4v) is 2.69. The van der Waals surface area contributed by atoms with E-state index in [1.165, 1.54) is 7.11 Å². The Labute approximate surface area is 141 Å². The third-order valence-electron chi connectivity index (χ3n) is 3.90. The summed E-state index contributed by atoms with van der Waals surface area (Å²) in [5.41, 5.74) is 2.34. The molecule has 0 bridgehead atoms. The van der Waals surface area contributed by atoms with Gasteiger partial charge in [-0.15, -0.1) is 0 Å². The predicted octanol–water partition coefficient (Wildman–Crippen LogP) is 2.17. The van der Waals surface area contributed by atoms with Crippen molar-refractivity contribution < 1.29 is 14.3 Å². The Kier molecular flexibility index (Phi) is 5.40. The van der Waals surface area contributed by atoms with Crippen molar-refractivity contribution in [3.63, 3.8) is 0 Å². The minimum Gasteiger partial charge on any atom is -0.480 e. The molecule has 1 amide bonds. The number of carbonyl (C=O) groups is 1. The number of hydrogen-bond donors (Lipinski definition) is 1. The summed E-state index contributed by atoms with van der Waals surface area (Å²) in [6, 6.07) is 11.3. The summed E-state index contributed by atoms with van der Waals surface area (Å²) >= 11 is 0. The smallest absolute Gasteiger partial charge is 0.261 e. The largest absolute Gasteiger partial charge is 0.480 e. The average Bonchev–Trinajstić information content (AvgIpc) is 2.63. The van der Waals surface area contributed by atoms with Gasteiger partial charge < -0.3 is 14.8 Å². The average molecular weight is 327 g/mol. The van der Waals surface area contributed by atoms with Crippen molar-refractivity contribution in [3.8, 4) is 5.88 Å². The molecule has 2 heterocycles. The number of nitrogens with zero attached hydrogens (tertiary/aromatic N) is 2. The number of ether oxygens (including phenoxy) is 2. The minimum absolute atomic E-state index is 0.233. The highest BCUT2D eigenvalue weighted by Gasteiger charge is 2.14. The van der Waals surface area contributed by atoms with Gasteiger partial charge in [-0.2, -0.15) is 0 Å². The molecule has 0 atom stereocenters. The van der Waals surface area contributed by atoms with Crippen LogP contribution in [0.1, 0.15) is 15.9 Å². The van der Waals surface area contributed by atoms with Crippen molar-refractivity contribution in [2.45, 2.75) is 6.54 Å². The van der Waals surface area contributed by atoms with Crippen molar-refractivity contribution in [1.29, 1.82) is 0 Å². The molecule has 24 heavy (non-hydrogen) atoms. The molecule has 0 aliphatic carbocycles. The lowest BCUT2D eigenvalue weighted by Crippen LogP contribution is -2.35. The number of morpholine rings is 1. The van der Waals surface area contributed by atoms with Crippen molar-refractivity contribution >= 4 is 11.6 Å². The van der Waals surface area contributed by atoms with Gasteiger partial charge in [-0.3, -0.25) is 9.69 Å². The number of nitrogens with one attached hydrogen (secondary N) is 1. The van der Waals surface area contributed by atoms with E-state index in [9.17, 15) is 4.79 Å². The summed E-state index contributed by atoms with van der Waals surface area (Å²) in [5, 5.41) is 2.91. The molecule has 1 aromatic carbocycles. The van der Waals surface area contributed by atoms with E-state index in [2.05, 4.69) is 21.3 Å². The maximum Gasteiger partial charge on any atom is 0.261 e. The van der Waals surface area contributed by atoms with Crippen LogP contribution in [0.4, 0.5) is 5.69 Å². The molecule has 3 rings (SSSR count). The Morgan fingerprint density at radius 1 is 1.29 bits per heavy atom. The van der Waals surface area contributed by atoms with E-state index in [0.29, 0.717) is 11.4 Å². The normalized spacial score (nSPS) is 15.0. The molecule has 6 nitrogen and oxygen atoms in total. The van der Waals surface area contributed by atoms with E-state index in [1.807, 2.05) is 18.2 Å². The van der Waals surface area contributed by atoms with E-state index in [4.69, 9.17) is 9.47 Å². The molecule has 2 aromatic rings. The molecule has 1 N–H and O–H groups in total. The third kappa shape index (κ3) is 4.10. The van der Waals surface area contributed by atoms with Crippen molar-refractivity contribution in [2.75, 3.05) is 38.7 Å². The Morgan fingerprint density at radius 3 is 2.92 bits per heavy atom. The number of hydrogen-bond acceptors (Lipinski definition) is 5. The zero-order chi connectivity index (χ0) is 16.8. The molecule has 1 aromatic heterocycles. The number of pyridine rings is 1. The Morgan fingerprint density at radius 2 is 2.12 bits per heavy atom. The number of methoxy groups -OCH3 is 1. The lowest BCUT2D eigenvalue weighted by Gasteiger charge is -2.26. The van der Waals surface area contributed by atoms with Crippen LogP contribution in [0.5, 0.6) is 5.88 Å². The van der Waals surface area contributed by atoms with Crippen LogP contribution in [-0.4, -0.2) is 49.2 Å². The number of anilines is 1. The van der Waals surface area contributed by atoms with E-state index in [0.717, 1.165) is 44.1 Å². The molecule has 1 aliphatic rings. The first-order valence-electron chi connectivity index (χ1n) is 7.95. The van der Waals surface area contributed by atoms with Gasteiger partial charge in [0, 0.05) is 31.5 Å². The van der Waals surface area contributed by atoms with E-state index in [-0.39, 0.29) is 5.91 Å². The molecule has 0 saturated carbocycles. The topological polar surface area (TPSA) is 63.7 Å². The lowest BCUT2D eigenvalue weighted by molar-refractivity contribution is 0.0342. The fraction of sp³-hybridized carbons (Fsp3) is 0.333. The first-order valence-corrected chi connectivity index (χ1v) is 7.95. The van der Waals surface area contributed by atoms with Gasteiger partial charge in [0.25, 0.3) is 5.91 Å². The van der Waals surface area contributed by atoms with Gasteiger partial charge >= 0.3 is 0 Å². The van der Waals surface area contributed by atoms with Gasteiger partial charge in [0.2, 0.25) is 5.88 Å². The SMILES string of the molecule is COc1ncccc1C(=O)Nc1cccc(CN2CCOCC2)c1. The summed E-state index contributed by atoms with van der Waals surface area (Å²) in [6.07, 6.45) is 1.60. The Bertz CT molecular complexity index is 699. The molecule has 0 unspecified atom stereocenters. The second-order valence-electron chi connectivity index (χ2n) is 5.60. The number of aromatic nitrogens is 1. The second kappa shape index (κ2) is 7.90. The van der Waals surface area contributed by atoms with Gasteiger partial charge in [0.05, 0.1) is 20.3 Å². The monoisotopic (exact) mass is 327 g/mol. The van der Waals surface area contributed by atoms with Gasteiger partial charge in [-0.05, 0) is 29.8 Å². The molecule has 1 aliphatic heterocycles. The van der Waals surface area contributed by atoms with Crippen LogP contribution >= 0.6 is 0 Å². The zero-order valence-electron chi connectivity index (χ0n) is 13.7. The first kappa shape index (κ1) is 16.4. The Hall–Kier alpha value is -2.44. The molecule has 0 radical (unpaired) electrons. The van der Waals surface area contributed by atoms with Crippen molar-refractivity contribution in [2.24, 2.45) is 0 Å². The predicted molar refractivity (Wildman–Crippen MR) is 91.3 cm³/mol. The molecule has 1 fully saturated rings. The maximum absolute atomic E-state index is 12.4. The van der Waals surface area contributed by atoms with Crippen LogP contribution in [0.25, 0.3) is 0 Å². The minimum atomic E-state index is -0.233. The van der Waals surface area contributed by atoms with Gasteiger partial charge in [-0.25, -0.2) is 4.98 Å².